The van der Waals surface area contributed by atoms with E-state index in [1.54, 1.807) is 23.1 Å². The van der Waals surface area contributed by atoms with Gasteiger partial charge in [0.05, 0.1) is 0 Å². The molecular weight excluding hydrogens is 350 g/mol. The second-order valence-corrected chi connectivity index (χ2v) is 9.91. The van der Waals surface area contributed by atoms with Crippen molar-refractivity contribution in [2.75, 3.05) is 25.4 Å². The van der Waals surface area contributed by atoms with Gasteiger partial charge in [-0.3, -0.25) is 9.69 Å². The maximum Gasteiger partial charge on any atom is 0.222 e. The van der Waals surface area contributed by atoms with E-state index < -0.39 is 0 Å². The van der Waals surface area contributed by atoms with Gasteiger partial charge >= 0.3 is 0 Å². The van der Waals surface area contributed by atoms with Gasteiger partial charge in [-0.1, -0.05) is 24.6 Å². The van der Waals surface area contributed by atoms with Gasteiger partial charge in [0.25, 0.3) is 0 Å². The summed E-state index contributed by atoms with van der Waals surface area (Å²) in [5.74, 6) is 2.25. The quantitative estimate of drug-likeness (QED) is 0.703. The molecule has 6 heteroatoms. The molecule has 3 atom stereocenters. The van der Waals surface area contributed by atoms with E-state index in [0.29, 0.717) is 11.9 Å². The van der Waals surface area contributed by atoms with E-state index in [4.69, 9.17) is 0 Å². The van der Waals surface area contributed by atoms with Crippen LogP contribution in [0.4, 0.5) is 0 Å². The largest absolute Gasteiger partial charge is 0.338 e. The van der Waals surface area contributed by atoms with Gasteiger partial charge in [0.15, 0.2) is 0 Å². The Labute approximate surface area is 159 Å². The summed E-state index contributed by atoms with van der Waals surface area (Å²) in [6, 6.07) is 1.23. The second-order valence-electron chi connectivity index (χ2n) is 7.68. The Morgan fingerprint density at radius 2 is 2.08 bits per heavy atom. The van der Waals surface area contributed by atoms with Crippen molar-refractivity contribution < 1.29 is 4.79 Å². The van der Waals surface area contributed by atoms with Crippen molar-refractivity contribution in [3.05, 3.63) is 11.6 Å². The number of thiazole rings is 1. The monoisotopic (exact) mass is 379 g/mol. The van der Waals surface area contributed by atoms with Crippen molar-refractivity contribution in [1.29, 1.82) is 0 Å². The Hall–Kier alpha value is -0.590. The molecule has 4 nitrogen and oxygen atoms in total. The second kappa shape index (κ2) is 8.40. The minimum Gasteiger partial charge on any atom is -0.338 e. The number of thioether (sulfide) groups is 1. The van der Waals surface area contributed by atoms with Gasteiger partial charge in [-0.25, -0.2) is 4.98 Å². The van der Waals surface area contributed by atoms with Gasteiger partial charge in [0, 0.05) is 48.9 Å². The summed E-state index contributed by atoms with van der Waals surface area (Å²) in [6.07, 6.45) is 12.1. The Morgan fingerprint density at radius 3 is 2.96 bits per heavy atom. The van der Waals surface area contributed by atoms with E-state index >= 15 is 0 Å². The first kappa shape index (κ1) is 17.8. The zero-order chi connectivity index (χ0) is 17.1. The Kier molecular flexibility index (Phi) is 5.98. The van der Waals surface area contributed by atoms with Gasteiger partial charge in [0.2, 0.25) is 5.91 Å². The first-order valence-corrected chi connectivity index (χ1v) is 11.7. The highest BCUT2D eigenvalue weighted by molar-refractivity contribution is 8.01. The van der Waals surface area contributed by atoms with E-state index in [9.17, 15) is 4.79 Å². The highest BCUT2D eigenvalue weighted by atomic mass is 32.2. The zero-order valence-electron chi connectivity index (χ0n) is 14.9. The predicted molar refractivity (Wildman–Crippen MR) is 104 cm³/mol. The minimum atomic E-state index is 0.363. The number of amides is 1. The summed E-state index contributed by atoms with van der Waals surface area (Å²) in [5, 5.41) is 2.02. The van der Waals surface area contributed by atoms with Crippen molar-refractivity contribution in [1.82, 2.24) is 14.8 Å². The van der Waals surface area contributed by atoms with Crippen LogP contribution in [0.1, 0.15) is 51.4 Å². The van der Waals surface area contributed by atoms with E-state index in [1.807, 2.05) is 11.6 Å². The molecule has 4 rings (SSSR count). The standard InChI is InChI=1S/C19H29N3OS2/c23-18-8-7-16(22(18)11-13-25-19-20-9-12-24-19)14-21-10-3-5-15-4-1-2-6-17(15)21/h9,12,15-17H,1-8,10-11,13-14H2/t15?,16-,17?/m1/s1. The van der Waals surface area contributed by atoms with Crippen molar-refractivity contribution in [2.45, 2.75) is 67.8 Å². The summed E-state index contributed by atoms with van der Waals surface area (Å²) < 4.78 is 1.12. The van der Waals surface area contributed by atoms with Crippen LogP contribution in [0, 0.1) is 5.92 Å². The molecule has 2 aliphatic heterocycles. The Bertz CT molecular complexity index is 563. The van der Waals surface area contributed by atoms with Crippen LogP contribution in [0.2, 0.25) is 0 Å². The molecule has 0 spiro atoms. The number of rotatable bonds is 6. The molecule has 3 aliphatic rings. The number of carbonyl (C=O) groups excluding carboxylic acids is 1. The molecule has 1 aromatic heterocycles. The number of aromatic nitrogens is 1. The summed E-state index contributed by atoms with van der Waals surface area (Å²) in [7, 11) is 0. The third kappa shape index (κ3) is 4.22. The van der Waals surface area contributed by atoms with E-state index in [2.05, 4.69) is 14.8 Å². The number of piperidine rings is 1. The molecule has 1 saturated carbocycles. The van der Waals surface area contributed by atoms with Crippen molar-refractivity contribution >= 4 is 29.0 Å². The molecular formula is C19H29N3OS2. The first-order chi connectivity index (χ1) is 12.3. The van der Waals surface area contributed by atoms with Crippen LogP contribution >= 0.6 is 23.1 Å². The third-order valence-corrected chi connectivity index (χ3v) is 8.17. The number of carbonyl (C=O) groups is 1. The third-order valence-electron chi connectivity index (χ3n) is 6.22. The van der Waals surface area contributed by atoms with Gasteiger partial charge in [-0.05, 0) is 44.6 Å². The summed E-state index contributed by atoms with van der Waals surface area (Å²) in [6.45, 7) is 3.22. The zero-order valence-corrected chi connectivity index (χ0v) is 16.6. The Balaban J connectivity index is 1.32. The lowest BCUT2D eigenvalue weighted by molar-refractivity contribution is -0.129. The lowest BCUT2D eigenvalue weighted by Crippen LogP contribution is -2.52. The summed E-state index contributed by atoms with van der Waals surface area (Å²) in [4.78, 5) is 21.6. The van der Waals surface area contributed by atoms with Crippen molar-refractivity contribution in [3.8, 4) is 0 Å². The molecule has 0 N–H and O–H groups in total. The SMILES string of the molecule is O=C1CC[C@H](CN2CCCC3CCCCC32)N1CCSc1nccs1. The predicted octanol–water partition coefficient (Wildman–Crippen LogP) is 3.88. The van der Waals surface area contributed by atoms with Gasteiger partial charge in [-0.15, -0.1) is 11.3 Å². The molecule has 1 aromatic rings. The highest BCUT2D eigenvalue weighted by Gasteiger charge is 2.37. The fourth-order valence-corrected chi connectivity index (χ4v) is 6.68. The fourth-order valence-electron chi connectivity index (χ4n) is 5.03. The van der Waals surface area contributed by atoms with E-state index in [1.165, 1.54) is 45.1 Å². The number of hydrogen-bond acceptors (Lipinski definition) is 5. The maximum atomic E-state index is 12.4. The highest BCUT2D eigenvalue weighted by Crippen LogP contribution is 2.36. The van der Waals surface area contributed by atoms with Gasteiger partial charge < -0.3 is 4.90 Å². The average Bonchev–Trinajstić information content (AvgIpc) is 3.27. The van der Waals surface area contributed by atoms with Crippen LogP contribution in [-0.4, -0.2) is 58.2 Å². The molecule has 1 aliphatic carbocycles. The molecule has 0 aromatic carbocycles. The molecule has 138 valence electrons. The molecule has 25 heavy (non-hydrogen) atoms. The van der Waals surface area contributed by atoms with Crippen LogP contribution in [0.5, 0.6) is 0 Å². The van der Waals surface area contributed by atoms with Crippen LogP contribution in [0.3, 0.4) is 0 Å². The van der Waals surface area contributed by atoms with Crippen molar-refractivity contribution in [3.63, 3.8) is 0 Å². The number of fused-ring (bicyclic) bond motifs is 1. The topological polar surface area (TPSA) is 36.4 Å². The number of nitrogens with zero attached hydrogens (tertiary/aromatic N) is 3. The molecule has 2 unspecified atom stereocenters. The molecule has 0 bridgehead atoms. The average molecular weight is 380 g/mol. The van der Waals surface area contributed by atoms with Crippen LogP contribution < -0.4 is 0 Å². The molecule has 0 radical (unpaired) electrons. The van der Waals surface area contributed by atoms with E-state index in [-0.39, 0.29) is 0 Å². The lowest BCUT2D eigenvalue weighted by atomic mass is 9.78. The lowest BCUT2D eigenvalue weighted by Gasteiger charge is -2.45. The molecule has 2 saturated heterocycles. The van der Waals surface area contributed by atoms with Gasteiger partial charge in [0.1, 0.15) is 4.34 Å². The maximum absolute atomic E-state index is 12.4. The minimum absolute atomic E-state index is 0.363. The van der Waals surface area contributed by atoms with Crippen LogP contribution in [0.15, 0.2) is 15.9 Å². The normalized spacial score (nSPS) is 30.6. The fraction of sp³-hybridized carbons (Fsp3) is 0.789. The number of hydrogen-bond donors (Lipinski definition) is 0. The first-order valence-electron chi connectivity index (χ1n) is 9.87. The Morgan fingerprint density at radius 1 is 1.20 bits per heavy atom. The number of likely N-dealkylation sites (tertiary alicyclic amines) is 2. The molecule has 1 amide bonds. The smallest absolute Gasteiger partial charge is 0.222 e. The van der Waals surface area contributed by atoms with Crippen molar-refractivity contribution in [2.24, 2.45) is 5.92 Å². The van der Waals surface area contributed by atoms with Gasteiger partial charge in [-0.2, -0.15) is 0 Å². The summed E-state index contributed by atoms with van der Waals surface area (Å²) >= 11 is 3.47. The molecule has 3 heterocycles. The van der Waals surface area contributed by atoms with E-state index in [0.717, 1.165) is 48.0 Å². The van der Waals surface area contributed by atoms with Crippen LogP contribution in [-0.2, 0) is 4.79 Å². The summed E-state index contributed by atoms with van der Waals surface area (Å²) in [5.41, 5.74) is 0. The molecule has 3 fully saturated rings. The van der Waals surface area contributed by atoms with Crippen LogP contribution in [0.25, 0.3) is 0 Å².